The predicted molar refractivity (Wildman–Crippen MR) is 333 cm³/mol. The van der Waals surface area contributed by atoms with E-state index < -0.39 is 12.1 Å². The van der Waals surface area contributed by atoms with Crippen molar-refractivity contribution < 1.29 is 24.5 Å². The second-order valence-corrected chi connectivity index (χ2v) is 23.9. The second kappa shape index (κ2) is 65.9. The number of hydrogen-bond acceptors (Lipinski definition) is 5. The molecular formula is C70H135NO5. The molecule has 6 heteroatoms. The van der Waals surface area contributed by atoms with Crippen molar-refractivity contribution in [3.63, 3.8) is 0 Å². The highest BCUT2D eigenvalue weighted by Crippen LogP contribution is 2.19. The Hall–Kier alpha value is -1.66. The molecule has 2 atom stereocenters. The summed E-state index contributed by atoms with van der Waals surface area (Å²) in [6.07, 6.45) is 82.1. The Kier molecular flexibility index (Phi) is 64.4. The predicted octanol–water partition coefficient (Wildman–Crippen LogP) is 22.1. The van der Waals surface area contributed by atoms with Gasteiger partial charge in [-0.3, -0.25) is 9.59 Å². The lowest BCUT2D eigenvalue weighted by molar-refractivity contribution is -0.143. The van der Waals surface area contributed by atoms with Crippen LogP contribution in [0.25, 0.3) is 0 Å². The summed E-state index contributed by atoms with van der Waals surface area (Å²) in [4.78, 5) is 24.6. The molecule has 0 aromatic rings. The average molecular weight is 1070 g/mol. The Morgan fingerprint density at radius 1 is 0.368 bits per heavy atom. The van der Waals surface area contributed by atoms with Crippen molar-refractivity contribution in [1.29, 1.82) is 0 Å². The van der Waals surface area contributed by atoms with Gasteiger partial charge in [-0.1, -0.05) is 340 Å². The molecule has 0 aromatic carbocycles. The first-order valence-electron chi connectivity index (χ1n) is 34.6. The lowest BCUT2D eigenvalue weighted by atomic mass is 10.0. The first-order chi connectivity index (χ1) is 37.5. The van der Waals surface area contributed by atoms with E-state index in [2.05, 4.69) is 43.5 Å². The van der Waals surface area contributed by atoms with Gasteiger partial charge in [-0.05, 0) is 57.8 Å². The number of hydrogen-bond donors (Lipinski definition) is 3. The minimum atomic E-state index is -0.664. The summed E-state index contributed by atoms with van der Waals surface area (Å²) >= 11 is 0. The second-order valence-electron chi connectivity index (χ2n) is 23.9. The Morgan fingerprint density at radius 3 is 1.03 bits per heavy atom. The van der Waals surface area contributed by atoms with Gasteiger partial charge < -0.3 is 20.3 Å². The molecule has 0 saturated carbocycles. The molecule has 0 aliphatic carbocycles. The standard InChI is InChI=1S/C70H135NO5/c1-3-5-7-9-11-13-15-17-19-20-28-31-35-38-42-46-50-54-58-62-68(73)67(66-72)71-69(74)63-59-55-51-47-43-39-36-32-29-26-24-22-21-23-25-27-30-33-37-41-45-49-53-57-61-65-76-70(75)64-60-56-52-48-44-40-34-18-16-14-12-10-8-6-4-2/h12,14,18,34,67-68,72-73H,3-11,13,15-17,19-33,35-66H2,1-2H3,(H,71,74)/b14-12-,34-18-. The van der Waals surface area contributed by atoms with E-state index >= 15 is 0 Å². The van der Waals surface area contributed by atoms with Gasteiger partial charge in [-0.2, -0.15) is 0 Å². The quantitative estimate of drug-likeness (QED) is 0.0320. The smallest absolute Gasteiger partial charge is 0.305 e. The first kappa shape index (κ1) is 74.3. The molecule has 0 aliphatic heterocycles. The van der Waals surface area contributed by atoms with Crippen LogP contribution in [-0.4, -0.2) is 47.4 Å². The maximum Gasteiger partial charge on any atom is 0.305 e. The van der Waals surface area contributed by atoms with Gasteiger partial charge in [0, 0.05) is 12.8 Å². The normalized spacial score (nSPS) is 12.6. The molecule has 0 radical (unpaired) electrons. The number of allylic oxidation sites excluding steroid dienone is 4. The number of esters is 1. The van der Waals surface area contributed by atoms with E-state index in [-0.39, 0.29) is 18.5 Å². The summed E-state index contributed by atoms with van der Waals surface area (Å²) in [5.41, 5.74) is 0. The molecule has 3 N–H and O–H groups in total. The molecule has 2 unspecified atom stereocenters. The third-order valence-electron chi connectivity index (χ3n) is 16.3. The van der Waals surface area contributed by atoms with Gasteiger partial charge in [0.2, 0.25) is 5.91 Å². The number of amides is 1. The molecular weight excluding hydrogens is 935 g/mol. The van der Waals surface area contributed by atoms with Gasteiger partial charge in [-0.25, -0.2) is 0 Å². The molecule has 0 spiro atoms. The maximum atomic E-state index is 12.5. The van der Waals surface area contributed by atoms with Crippen molar-refractivity contribution in [3.8, 4) is 0 Å². The Balaban J connectivity index is 3.36. The third kappa shape index (κ3) is 61.6. The molecule has 1 amide bonds. The summed E-state index contributed by atoms with van der Waals surface area (Å²) in [7, 11) is 0. The molecule has 76 heavy (non-hydrogen) atoms. The number of unbranched alkanes of at least 4 members (excludes halogenated alkanes) is 50. The van der Waals surface area contributed by atoms with Crippen LogP contribution in [0.4, 0.5) is 0 Å². The largest absolute Gasteiger partial charge is 0.466 e. The van der Waals surface area contributed by atoms with Gasteiger partial charge in [0.25, 0.3) is 0 Å². The van der Waals surface area contributed by atoms with Gasteiger partial charge in [-0.15, -0.1) is 0 Å². The average Bonchev–Trinajstić information content (AvgIpc) is 3.42. The zero-order valence-electron chi connectivity index (χ0n) is 51.5. The summed E-state index contributed by atoms with van der Waals surface area (Å²) in [5.74, 6) is -0.0263. The lowest BCUT2D eigenvalue weighted by Gasteiger charge is -2.22. The Bertz CT molecular complexity index is 1190. The number of aliphatic hydroxyl groups excluding tert-OH is 2. The van der Waals surface area contributed by atoms with E-state index in [0.717, 1.165) is 51.4 Å². The van der Waals surface area contributed by atoms with Crippen LogP contribution in [0.1, 0.15) is 386 Å². The molecule has 6 nitrogen and oxygen atoms in total. The zero-order valence-corrected chi connectivity index (χ0v) is 51.5. The van der Waals surface area contributed by atoms with Gasteiger partial charge in [0.15, 0.2) is 0 Å². The van der Waals surface area contributed by atoms with Crippen LogP contribution in [0.3, 0.4) is 0 Å². The van der Waals surface area contributed by atoms with Crippen molar-refractivity contribution in [2.45, 2.75) is 398 Å². The molecule has 450 valence electrons. The van der Waals surface area contributed by atoms with E-state index in [1.165, 1.54) is 302 Å². The van der Waals surface area contributed by atoms with Crippen LogP contribution in [-0.2, 0) is 14.3 Å². The molecule has 0 fully saturated rings. The van der Waals surface area contributed by atoms with Gasteiger partial charge in [0.1, 0.15) is 0 Å². The molecule has 0 heterocycles. The minimum Gasteiger partial charge on any atom is -0.466 e. The number of carbonyl (C=O) groups is 2. The monoisotopic (exact) mass is 1070 g/mol. The molecule has 0 aliphatic rings. The Labute approximate surface area is 475 Å². The third-order valence-corrected chi connectivity index (χ3v) is 16.3. The van der Waals surface area contributed by atoms with Crippen LogP contribution >= 0.6 is 0 Å². The van der Waals surface area contributed by atoms with E-state index in [1.807, 2.05) is 0 Å². The molecule has 0 bridgehead atoms. The summed E-state index contributed by atoms with van der Waals surface area (Å²) < 4.78 is 5.49. The van der Waals surface area contributed by atoms with Crippen molar-refractivity contribution in [2.24, 2.45) is 0 Å². The number of carbonyl (C=O) groups excluding carboxylic acids is 2. The number of rotatable bonds is 65. The van der Waals surface area contributed by atoms with E-state index in [1.54, 1.807) is 0 Å². The van der Waals surface area contributed by atoms with Crippen molar-refractivity contribution in [1.82, 2.24) is 5.32 Å². The van der Waals surface area contributed by atoms with Gasteiger partial charge >= 0.3 is 5.97 Å². The van der Waals surface area contributed by atoms with Crippen LogP contribution in [0.5, 0.6) is 0 Å². The maximum absolute atomic E-state index is 12.5. The Morgan fingerprint density at radius 2 is 0.658 bits per heavy atom. The highest BCUT2D eigenvalue weighted by atomic mass is 16.5. The SMILES string of the molecule is CCCCC/C=C\C/C=C\CCCCCCCC(=O)OCCCCCCCCCCCCCCCCCCCCCCCCCCCC(=O)NC(CO)C(O)CCCCCCCCCCCCCCCCCCCCC. The summed E-state index contributed by atoms with van der Waals surface area (Å²) in [6.45, 7) is 4.96. The molecule has 0 saturated heterocycles. The van der Waals surface area contributed by atoms with Gasteiger partial charge in [0.05, 0.1) is 25.4 Å². The van der Waals surface area contributed by atoms with E-state index in [9.17, 15) is 19.8 Å². The first-order valence-corrected chi connectivity index (χ1v) is 34.6. The number of nitrogens with one attached hydrogen (secondary N) is 1. The topological polar surface area (TPSA) is 95.9 Å². The summed E-state index contributed by atoms with van der Waals surface area (Å²) in [5, 5.41) is 23.4. The number of ether oxygens (including phenoxy) is 1. The highest BCUT2D eigenvalue weighted by molar-refractivity contribution is 5.76. The van der Waals surface area contributed by atoms with Crippen LogP contribution in [0.15, 0.2) is 24.3 Å². The minimum absolute atomic E-state index is 0.00312. The fraction of sp³-hybridized carbons (Fsp3) is 0.914. The van der Waals surface area contributed by atoms with Crippen LogP contribution < -0.4 is 5.32 Å². The van der Waals surface area contributed by atoms with Crippen molar-refractivity contribution >= 4 is 11.9 Å². The van der Waals surface area contributed by atoms with Crippen molar-refractivity contribution in [3.05, 3.63) is 24.3 Å². The van der Waals surface area contributed by atoms with Crippen LogP contribution in [0, 0.1) is 0 Å². The fourth-order valence-corrected chi connectivity index (χ4v) is 11.0. The zero-order chi connectivity index (χ0) is 55.0. The highest BCUT2D eigenvalue weighted by Gasteiger charge is 2.20. The van der Waals surface area contributed by atoms with E-state index in [4.69, 9.17) is 4.74 Å². The van der Waals surface area contributed by atoms with E-state index in [0.29, 0.717) is 25.9 Å². The number of aliphatic hydroxyl groups is 2. The molecule has 0 rings (SSSR count). The lowest BCUT2D eigenvalue weighted by Crippen LogP contribution is -2.45. The molecule has 0 aromatic heterocycles. The van der Waals surface area contributed by atoms with Crippen LogP contribution in [0.2, 0.25) is 0 Å². The summed E-state index contributed by atoms with van der Waals surface area (Å²) in [6, 6.07) is -0.541. The van der Waals surface area contributed by atoms with Crippen molar-refractivity contribution in [2.75, 3.05) is 13.2 Å². The fourth-order valence-electron chi connectivity index (χ4n) is 11.0.